The lowest BCUT2D eigenvalue weighted by Crippen LogP contribution is -2.48. The summed E-state index contributed by atoms with van der Waals surface area (Å²) in [4.78, 5) is 11.9. The molecule has 0 unspecified atom stereocenters. The molecular formula is C16H20O6. The lowest BCUT2D eigenvalue weighted by atomic mass is 9.95. The normalized spacial score (nSPS) is 36.1. The summed E-state index contributed by atoms with van der Waals surface area (Å²) in [6, 6.07) is 8.66. The smallest absolute Gasteiger partial charge is 0.338 e. The summed E-state index contributed by atoms with van der Waals surface area (Å²) in [7, 11) is 0. The van der Waals surface area contributed by atoms with E-state index in [2.05, 4.69) is 0 Å². The van der Waals surface area contributed by atoms with E-state index in [0.29, 0.717) is 5.56 Å². The highest BCUT2D eigenvalue weighted by Gasteiger charge is 2.61. The second-order valence-electron chi connectivity index (χ2n) is 6.24. The van der Waals surface area contributed by atoms with Crippen LogP contribution in [-0.4, -0.2) is 47.6 Å². The third-order valence-electron chi connectivity index (χ3n) is 3.96. The van der Waals surface area contributed by atoms with Crippen LogP contribution >= 0.6 is 0 Å². The Balaban J connectivity index is 1.62. The number of ether oxygens (including phenoxy) is 4. The van der Waals surface area contributed by atoms with Crippen molar-refractivity contribution in [2.75, 3.05) is 6.61 Å². The zero-order valence-corrected chi connectivity index (χ0v) is 12.8. The summed E-state index contributed by atoms with van der Waals surface area (Å²) in [5.41, 5.74) is -0.843. The van der Waals surface area contributed by atoms with Crippen LogP contribution in [-0.2, 0) is 18.9 Å². The van der Waals surface area contributed by atoms with Crippen LogP contribution in [0.15, 0.2) is 30.3 Å². The Morgan fingerprint density at radius 2 is 1.91 bits per heavy atom. The van der Waals surface area contributed by atoms with Gasteiger partial charge in [0.2, 0.25) is 0 Å². The molecule has 2 aliphatic rings. The largest absolute Gasteiger partial charge is 0.459 e. The van der Waals surface area contributed by atoms with Crippen molar-refractivity contribution < 1.29 is 28.8 Å². The molecule has 120 valence electrons. The van der Waals surface area contributed by atoms with E-state index in [1.54, 1.807) is 45.0 Å². The van der Waals surface area contributed by atoms with E-state index >= 15 is 0 Å². The minimum Gasteiger partial charge on any atom is -0.459 e. The summed E-state index contributed by atoms with van der Waals surface area (Å²) in [5, 5.41) is 10.6. The van der Waals surface area contributed by atoms with Crippen molar-refractivity contribution in [3.8, 4) is 0 Å². The molecule has 2 fully saturated rings. The van der Waals surface area contributed by atoms with Crippen molar-refractivity contribution in [1.82, 2.24) is 0 Å². The molecule has 6 nitrogen and oxygen atoms in total. The Bertz CT molecular complexity index is 553. The van der Waals surface area contributed by atoms with E-state index in [9.17, 15) is 9.90 Å². The van der Waals surface area contributed by atoms with Crippen LogP contribution < -0.4 is 0 Å². The van der Waals surface area contributed by atoms with Crippen LogP contribution in [0.25, 0.3) is 0 Å². The molecule has 3 rings (SSSR count). The van der Waals surface area contributed by atoms with Crippen LogP contribution in [0.1, 0.15) is 31.1 Å². The van der Waals surface area contributed by atoms with Gasteiger partial charge in [0, 0.05) is 0 Å². The first-order valence-electron chi connectivity index (χ1n) is 7.25. The van der Waals surface area contributed by atoms with Crippen LogP contribution in [0.4, 0.5) is 0 Å². The van der Waals surface area contributed by atoms with Gasteiger partial charge in [-0.1, -0.05) is 18.2 Å². The molecule has 1 aromatic rings. The Kier molecular flexibility index (Phi) is 3.72. The molecule has 0 radical (unpaired) electrons. The van der Waals surface area contributed by atoms with E-state index in [1.165, 1.54) is 0 Å². The van der Waals surface area contributed by atoms with Crippen molar-refractivity contribution in [3.05, 3.63) is 35.9 Å². The fourth-order valence-corrected chi connectivity index (χ4v) is 2.72. The Morgan fingerprint density at radius 1 is 1.23 bits per heavy atom. The lowest BCUT2D eigenvalue weighted by Gasteiger charge is -2.29. The molecule has 1 N–H and O–H groups in total. The van der Waals surface area contributed by atoms with Gasteiger partial charge < -0.3 is 24.1 Å². The minimum atomic E-state index is -1.30. The topological polar surface area (TPSA) is 74.2 Å². The van der Waals surface area contributed by atoms with E-state index in [1.807, 2.05) is 6.07 Å². The lowest BCUT2D eigenvalue weighted by molar-refractivity contribution is -0.230. The number of hydrogen-bond donors (Lipinski definition) is 1. The van der Waals surface area contributed by atoms with E-state index in [4.69, 9.17) is 18.9 Å². The van der Waals surface area contributed by atoms with Gasteiger partial charge in [0.1, 0.15) is 24.4 Å². The van der Waals surface area contributed by atoms with Crippen LogP contribution in [0, 0.1) is 0 Å². The number of carbonyl (C=O) groups is 1. The molecule has 0 spiro atoms. The standard InChI is InChI=1S/C16H20O6/c1-15(2)21-12-14(22-15)20-11(16(12,3)18)9-19-13(17)10-7-5-4-6-8-10/h4-8,11-12,14,18H,9H2,1-3H3/t11-,12+,14-,16-/m1/s1. The summed E-state index contributed by atoms with van der Waals surface area (Å²) < 4.78 is 22.1. The van der Waals surface area contributed by atoms with Crippen LogP contribution in [0.3, 0.4) is 0 Å². The quantitative estimate of drug-likeness (QED) is 0.852. The molecule has 0 aromatic heterocycles. The Hall–Kier alpha value is -1.47. The van der Waals surface area contributed by atoms with Gasteiger partial charge in [-0.3, -0.25) is 0 Å². The Labute approximate surface area is 128 Å². The number of hydrogen-bond acceptors (Lipinski definition) is 6. The average molecular weight is 308 g/mol. The molecule has 4 atom stereocenters. The van der Waals surface area contributed by atoms with Gasteiger partial charge in [0.25, 0.3) is 0 Å². The number of fused-ring (bicyclic) bond motifs is 1. The van der Waals surface area contributed by atoms with Crippen LogP contribution in [0.2, 0.25) is 0 Å². The molecule has 0 aliphatic carbocycles. The SMILES string of the molecule is CC1(C)O[C@H]2O[C@H](COC(=O)c3ccccc3)[C@@](C)(O)[C@H]2O1. The zero-order valence-electron chi connectivity index (χ0n) is 12.8. The van der Waals surface area contributed by atoms with Crippen molar-refractivity contribution in [1.29, 1.82) is 0 Å². The maximum Gasteiger partial charge on any atom is 0.338 e. The highest BCUT2D eigenvalue weighted by Crippen LogP contribution is 2.42. The van der Waals surface area contributed by atoms with Crippen LogP contribution in [0.5, 0.6) is 0 Å². The highest BCUT2D eigenvalue weighted by molar-refractivity contribution is 5.89. The summed E-state index contributed by atoms with van der Waals surface area (Å²) in [6.07, 6.45) is -1.97. The zero-order chi connectivity index (χ0) is 16.0. The van der Waals surface area contributed by atoms with E-state index in [0.717, 1.165) is 0 Å². The maximum atomic E-state index is 11.9. The maximum absolute atomic E-state index is 11.9. The van der Waals surface area contributed by atoms with E-state index < -0.39 is 35.9 Å². The molecule has 6 heteroatoms. The van der Waals surface area contributed by atoms with Gasteiger partial charge in [-0.2, -0.15) is 0 Å². The van der Waals surface area contributed by atoms with Crippen molar-refractivity contribution in [3.63, 3.8) is 0 Å². The summed E-state index contributed by atoms with van der Waals surface area (Å²) >= 11 is 0. The number of benzene rings is 1. The number of aliphatic hydroxyl groups is 1. The third kappa shape index (κ3) is 2.75. The molecule has 1 aromatic carbocycles. The predicted octanol–water partition coefficient (Wildman–Crippen LogP) is 1.47. The predicted molar refractivity (Wildman–Crippen MR) is 76.0 cm³/mol. The van der Waals surface area contributed by atoms with Crippen molar-refractivity contribution in [2.45, 2.75) is 50.7 Å². The van der Waals surface area contributed by atoms with Gasteiger partial charge in [-0.15, -0.1) is 0 Å². The summed E-state index contributed by atoms with van der Waals surface area (Å²) in [6.45, 7) is 5.05. The molecule has 0 saturated carbocycles. The molecule has 2 aliphatic heterocycles. The third-order valence-corrected chi connectivity index (χ3v) is 3.96. The number of esters is 1. The second kappa shape index (κ2) is 5.31. The van der Waals surface area contributed by atoms with E-state index in [-0.39, 0.29) is 6.61 Å². The monoisotopic (exact) mass is 308 g/mol. The fourth-order valence-electron chi connectivity index (χ4n) is 2.72. The molecule has 2 heterocycles. The fraction of sp³-hybridized carbons (Fsp3) is 0.562. The first-order valence-corrected chi connectivity index (χ1v) is 7.25. The highest BCUT2D eigenvalue weighted by atomic mass is 16.8. The second-order valence-corrected chi connectivity index (χ2v) is 6.24. The van der Waals surface area contributed by atoms with Gasteiger partial charge in [0.05, 0.1) is 5.56 Å². The van der Waals surface area contributed by atoms with Gasteiger partial charge in [-0.25, -0.2) is 4.79 Å². The molecular weight excluding hydrogens is 288 g/mol. The molecule has 2 saturated heterocycles. The summed E-state index contributed by atoms with van der Waals surface area (Å²) in [5.74, 6) is -1.26. The first-order chi connectivity index (χ1) is 10.3. The molecule has 0 bridgehead atoms. The Morgan fingerprint density at radius 3 is 2.55 bits per heavy atom. The van der Waals surface area contributed by atoms with Gasteiger partial charge in [-0.05, 0) is 32.9 Å². The van der Waals surface area contributed by atoms with Gasteiger partial charge >= 0.3 is 5.97 Å². The number of carbonyl (C=O) groups excluding carboxylic acids is 1. The average Bonchev–Trinajstić information content (AvgIpc) is 2.89. The van der Waals surface area contributed by atoms with Crippen molar-refractivity contribution in [2.24, 2.45) is 0 Å². The van der Waals surface area contributed by atoms with Gasteiger partial charge in [0.15, 0.2) is 12.1 Å². The molecule has 0 amide bonds. The minimum absolute atomic E-state index is 0.0686. The molecule has 22 heavy (non-hydrogen) atoms. The first kappa shape index (κ1) is 15.4. The number of rotatable bonds is 3. The van der Waals surface area contributed by atoms with Crippen molar-refractivity contribution >= 4 is 5.97 Å².